The first kappa shape index (κ1) is 17.9. The topological polar surface area (TPSA) is 66.8 Å². The van der Waals surface area contributed by atoms with Gasteiger partial charge in [0, 0.05) is 25.9 Å². The highest BCUT2D eigenvalue weighted by Crippen LogP contribution is 2.20. The lowest BCUT2D eigenvalue weighted by molar-refractivity contribution is -0.132. The summed E-state index contributed by atoms with van der Waals surface area (Å²) in [7, 11) is 0. The molecule has 1 aliphatic heterocycles. The predicted octanol–water partition coefficient (Wildman–Crippen LogP) is 3.14. The number of nitrogens with zero attached hydrogens (tertiary/aromatic N) is 1. The number of hydrogen-bond donors (Lipinski definition) is 1. The zero-order valence-electron chi connectivity index (χ0n) is 14.2. The van der Waals surface area contributed by atoms with E-state index in [-0.39, 0.29) is 29.8 Å². The predicted molar refractivity (Wildman–Crippen MR) is 93.7 cm³/mol. The van der Waals surface area contributed by atoms with Crippen LogP contribution in [0.1, 0.15) is 28.8 Å². The van der Waals surface area contributed by atoms with Crippen molar-refractivity contribution in [3.8, 4) is 5.75 Å². The average Bonchev–Trinajstić information content (AvgIpc) is 2.64. The van der Waals surface area contributed by atoms with Gasteiger partial charge in [0.2, 0.25) is 5.91 Å². The van der Waals surface area contributed by atoms with Gasteiger partial charge >= 0.3 is 5.97 Å². The number of likely N-dealkylation sites (tertiary alicyclic amines) is 1. The lowest BCUT2D eigenvalue weighted by Gasteiger charge is -2.32. The van der Waals surface area contributed by atoms with Gasteiger partial charge in [-0.2, -0.15) is 0 Å². The third-order valence-corrected chi connectivity index (χ3v) is 4.44. The van der Waals surface area contributed by atoms with Gasteiger partial charge in [0.25, 0.3) is 0 Å². The van der Waals surface area contributed by atoms with Crippen molar-refractivity contribution in [1.82, 2.24) is 4.90 Å². The molecule has 1 saturated heterocycles. The number of ether oxygens (including phenoxy) is 1. The number of aromatic carboxylic acids is 1. The van der Waals surface area contributed by atoms with E-state index in [4.69, 9.17) is 9.84 Å². The van der Waals surface area contributed by atoms with Crippen LogP contribution >= 0.6 is 0 Å². The van der Waals surface area contributed by atoms with Gasteiger partial charge in [-0.25, -0.2) is 9.18 Å². The highest BCUT2D eigenvalue weighted by molar-refractivity contribution is 5.88. The molecule has 1 amide bonds. The molecule has 0 radical (unpaired) electrons. The Bertz CT molecular complexity index is 783. The van der Waals surface area contributed by atoms with Crippen molar-refractivity contribution in [2.75, 3.05) is 13.1 Å². The van der Waals surface area contributed by atoms with Crippen LogP contribution in [0.3, 0.4) is 0 Å². The molecule has 136 valence electrons. The number of piperidine rings is 1. The molecule has 1 fully saturated rings. The fraction of sp³-hybridized carbons (Fsp3) is 0.300. The van der Waals surface area contributed by atoms with Gasteiger partial charge in [-0.05, 0) is 42.0 Å². The standard InChI is InChI=1S/C20H20FNO4/c21-16-4-6-17(7-5-16)26-18-8-10-22(11-9-18)19(23)13-14-2-1-3-15(12-14)20(24)25/h1-7,12,18H,8-11,13H2,(H,24,25). The van der Waals surface area contributed by atoms with Crippen LogP contribution in [0.15, 0.2) is 48.5 Å². The molecule has 1 aliphatic rings. The molecule has 0 aromatic heterocycles. The normalized spacial score (nSPS) is 14.9. The summed E-state index contributed by atoms with van der Waals surface area (Å²) in [6.45, 7) is 1.17. The maximum Gasteiger partial charge on any atom is 0.335 e. The highest BCUT2D eigenvalue weighted by atomic mass is 19.1. The SMILES string of the molecule is O=C(O)c1cccc(CC(=O)N2CCC(Oc3ccc(F)cc3)CC2)c1. The van der Waals surface area contributed by atoms with Crippen LogP contribution in [0.2, 0.25) is 0 Å². The molecule has 0 spiro atoms. The Hall–Kier alpha value is -2.89. The van der Waals surface area contributed by atoms with Gasteiger partial charge in [-0.1, -0.05) is 12.1 Å². The van der Waals surface area contributed by atoms with Crippen molar-refractivity contribution >= 4 is 11.9 Å². The summed E-state index contributed by atoms with van der Waals surface area (Å²) in [6.07, 6.45) is 1.60. The third-order valence-electron chi connectivity index (χ3n) is 4.44. The van der Waals surface area contributed by atoms with Crippen LogP contribution in [-0.2, 0) is 11.2 Å². The van der Waals surface area contributed by atoms with Gasteiger partial charge in [-0.15, -0.1) is 0 Å². The lowest BCUT2D eigenvalue weighted by atomic mass is 10.0. The quantitative estimate of drug-likeness (QED) is 0.893. The van der Waals surface area contributed by atoms with E-state index in [0.717, 1.165) is 0 Å². The summed E-state index contributed by atoms with van der Waals surface area (Å²) in [5.74, 6) is -0.697. The minimum atomic E-state index is -1.00. The monoisotopic (exact) mass is 357 g/mol. The number of carboxylic acid groups (broad SMARTS) is 1. The van der Waals surface area contributed by atoms with E-state index in [0.29, 0.717) is 37.2 Å². The zero-order valence-corrected chi connectivity index (χ0v) is 14.2. The highest BCUT2D eigenvalue weighted by Gasteiger charge is 2.24. The fourth-order valence-corrected chi connectivity index (χ4v) is 3.03. The molecule has 0 saturated carbocycles. The van der Waals surface area contributed by atoms with Crippen LogP contribution in [-0.4, -0.2) is 41.1 Å². The molecular weight excluding hydrogens is 337 g/mol. The number of amides is 1. The first-order valence-electron chi connectivity index (χ1n) is 8.53. The van der Waals surface area contributed by atoms with Crippen molar-refractivity contribution in [2.24, 2.45) is 0 Å². The van der Waals surface area contributed by atoms with E-state index in [9.17, 15) is 14.0 Å². The summed E-state index contributed by atoms with van der Waals surface area (Å²) >= 11 is 0. The number of benzene rings is 2. The van der Waals surface area contributed by atoms with Crippen molar-refractivity contribution in [1.29, 1.82) is 0 Å². The Morgan fingerprint density at radius 2 is 1.81 bits per heavy atom. The number of carbonyl (C=O) groups is 2. The molecule has 1 heterocycles. The molecule has 1 N–H and O–H groups in total. The van der Waals surface area contributed by atoms with Crippen molar-refractivity contribution in [2.45, 2.75) is 25.4 Å². The average molecular weight is 357 g/mol. The molecule has 2 aromatic rings. The van der Waals surface area contributed by atoms with Gasteiger partial charge in [0.05, 0.1) is 12.0 Å². The molecular formula is C20H20FNO4. The lowest BCUT2D eigenvalue weighted by Crippen LogP contribution is -2.42. The summed E-state index contributed by atoms with van der Waals surface area (Å²) in [4.78, 5) is 25.2. The number of hydrogen-bond acceptors (Lipinski definition) is 3. The van der Waals surface area contributed by atoms with Gasteiger partial charge in [-0.3, -0.25) is 4.79 Å². The largest absolute Gasteiger partial charge is 0.490 e. The molecule has 5 nitrogen and oxygen atoms in total. The van der Waals surface area contributed by atoms with Crippen LogP contribution in [0.4, 0.5) is 4.39 Å². The van der Waals surface area contributed by atoms with Gasteiger partial charge in [0.15, 0.2) is 0 Å². The Labute approximate surface area is 151 Å². The van der Waals surface area contributed by atoms with Crippen LogP contribution in [0, 0.1) is 5.82 Å². The maximum absolute atomic E-state index is 12.9. The second-order valence-corrected chi connectivity index (χ2v) is 6.33. The summed E-state index contributed by atoms with van der Waals surface area (Å²) in [5.41, 5.74) is 0.876. The van der Waals surface area contributed by atoms with Crippen LogP contribution < -0.4 is 4.74 Å². The first-order chi connectivity index (χ1) is 12.5. The fourth-order valence-electron chi connectivity index (χ4n) is 3.03. The molecule has 0 bridgehead atoms. The summed E-state index contributed by atoms with van der Waals surface area (Å²) in [5, 5.41) is 9.03. The molecule has 0 atom stereocenters. The van der Waals surface area contributed by atoms with Gasteiger partial charge in [0.1, 0.15) is 17.7 Å². The molecule has 26 heavy (non-hydrogen) atoms. The molecule has 0 aliphatic carbocycles. The minimum absolute atomic E-state index is 0.000139. The van der Waals surface area contributed by atoms with E-state index in [1.807, 2.05) is 0 Å². The summed E-state index contributed by atoms with van der Waals surface area (Å²) in [6, 6.07) is 12.4. The van der Waals surface area contributed by atoms with E-state index in [1.165, 1.54) is 24.3 Å². The first-order valence-corrected chi connectivity index (χ1v) is 8.53. The molecule has 6 heteroatoms. The zero-order chi connectivity index (χ0) is 18.5. The Morgan fingerprint density at radius 1 is 1.12 bits per heavy atom. The minimum Gasteiger partial charge on any atom is -0.490 e. The Kier molecular flexibility index (Phi) is 5.51. The van der Waals surface area contributed by atoms with E-state index >= 15 is 0 Å². The van der Waals surface area contributed by atoms with E-state index in [1.54, 1.807) is 29.2 Å². The number of carbonyl (C=O) groups excluding carboxylic acids is 1. The van der Waals surface area contributed by atoms with Crippen molar-refractivity contribution < 1.29 is 23.8 Å². The number of halogens is 1. The van der Waals surface area contributed by atoms with Crippen LogP contribution in [0.5, 0.6) is 5.75 Å². The van der Waals surface area contributed by atoms with E-state index < -0.39 is 5.97 Å². The summed E-state index contributed by atoms with van der Waals surface area (Å²) < 4.78 is 18.7. The maximum atomic E-state index is 12.9. The molecule has 2 aromatic carbocycles. The van der Waals surface area contributed by atoms with Crippen molar-refractivity contribution in [3.05, 3.63) is 65.5 Å². The van der Waals surface area contributed by atoms with Gasteiger partial charge < -0.3 is 14.7 Å². The number of rotatable bonds is 5. The van der Waals surface area contributed by atoms with Crippen LogP contribution in [0.25, 0.3) is 0 Å². The number of carboxylic acids is 1. The second-order valence-electron chi connectivity index (χ2n) is 6.33. The van der Waals surface area contributed by atoms with Crippen molar-refractivity contribution in [3.63, 3.8) is 0 Å². The third kappa shape index (κ3) is 4.59. The van der Waals surface area contributed by atoms with E-state index in [2.05, 4.69) is 0 Å². The second kappa shape index (κ2) is 7.99. The Balaban J connectivity index is 1.51. The molecule has 3 rings (SSSR count). The smallest absolute Gasteiger partial charge is 0.335 e. The Morgan fingerprint density at radius 3 is 2.46 bits per heavy atom. The molecule has 0 unspecified atom stereocenters.